The SMILES string of the molecule is COC(=O)c1ccc(NC(=O)[C@@H]2CCCN2S(=O)(=O)c2ccc(F)cc2)cc1. The van der Waals surface area contributed by atoms with E-state index < -0.39 is 33.8 Å². The van der Waals surface area contributed by atoms with Gasteiger partial charge in [0.15, 0.2) is 0 Å². The number of halogens is 1. The Labute approximate surface area is 162 Å². The molecule has 0 aromatic heterocycles. The highest BCUT2D eigenvalue weighted by Gasteiger charge is 2.39. The maximum absolute atomic E-state index is 13.1. The second-order valence-electron chi connectivity index (χ2n) is 6.29. The predicted octanol–water partition coefficient (Wildman–Crippen LogP) is 2.40. The number of nitrogens with one attached hydrogen (secondary N) is 1. The van der Waals surface area contributed by atoms with E-state index in [1.165, 1.54) is 43.5 Å². The molecule has 1 atom stereocenters. The lowest BCUT2D eigenvalue weighted by Gasteiger charge is -2.23. The van der Waals surface area contributed by atoms with Crippen LogP contribution in [0.4, 0.5) is 10.1 Å². The highest BCUT2D eigenvalue weighted by atomic mass is 32.2. The van der Waals surface area contributed by atoms with Crippen molar-refractivity contribution < 1.29 is 27.1 Å². The number of ether oxygens (including phenoxy) is 1. The van der Waals surface area contributed by atoms with Gasteiger partial charge in [-0.2, -0.15) is 4.31 Å². The summed E-state index contributed by atoms with van der Waals surface area (Å²) in [6.45, 7) is 0.207. The predicted molar refractivity (Wildman–Crippen MR) is 99.7 cm³/mol. The van der Waals surface area contributed by atoms with Gasteiger partial charge < -0.3 is 10.1 Å². The molecule has 1 saturated heterocycles. The summed E-state index contributed by atoms with van der Waals surface area (Å²) in [7, 11) is -2.65. The van der Waals surface area contributed by atoms with Gasteiger partial charge in [0.2, 0.25) is 15.9 Å². The molecule has 0 aliphatic carbocycles. The minimum Gasteiger partial charge on any atom is -0.465 e. The van der Waals surface area contributed by atoms with Gasteiger partial charge in [-0.3, -0.25) is 4.79 Å². The molecule has 1 N–H and O–H groups in total. The molecule has 7 nitrogen and oxygen atoms in total. The highest BCUT2D eigenvalue weighted by molar-refractivity contribution is 7.89. The summed E-state index contributed by atoms with van der Waals surface area (Å²) < 4.78 is 44.5. The molecule has 9 heteroatoms. The molecule has 0 spiro atoms. The fourth-order valence-electron chi connectivity index (χ4n) is 3.06. The van der Waals surface area contributed by atoms with Gasteiger partial charge in [-0.1, -0.05) is 0 Å². The van der Waals surface area contributed by atoms with E-state index in [9.17, 15) is 22.4 Å². The Balaban J connectivity index is 1.76. The lowest BCUT2D eigenvalue weighted by molar-refractivity contribution is -0.119. The molecule has 0 bridgehead atoms. The van der Waals surface area contributed by atoms with E-state index in [0.29, 0.717) is 24.1 Å². The molecule has 0 radical (unpaired) electrons. The number of amides is 1. The number of anilines is 1. The van der Waals surface area contributed by atoms with Crippen molar-refractivity contribution in [3.63, 3.8) is 0 Å². The first-order valence-electron chi connectivity index (χ1n) is 8.59. The van der Waals surface area contributed by atoms with Gasteiger partial charge in [-0.25, -0.2) is 17.6 Å². The van der Waals surface area contributed by atoms with E-state index in [0.717, 1.165) is 16.4 Å². The monoisotopic (exact) mass is 406 g/mol. The van der Waals surface area contributed by atoms with Crippen molar-refractivity contribution >= 4 is 27.6 Å². The molecule has 1 amide bonds. The Hall–Kier alpha value is -2.78. The van der Waals surface area contributed by atoms with Crippen LogP contribution < -0.4 is 5.32 Å². The topological polar surface area (TPSA) is 92.8 Å². The Morgan fingerprint density at radius 2 is 1.75 bits per heavy atom. The number of carbonyl (C=O) groups is 2. The van der Waals surface area contributed by atoms with Gasteiger partial charge in [0.25, 0.3) is 0 Å². The van der Waals surface area contributed by atoms with Gasteiger partial charge in [0.1, 0.15) is 11.9 Å². The minimum atomic E-state index is -3.92. The summed E-state index contributed by atoms with van der Waals surface area (Å²) in [5, 5.41) is 2.67. The third-order valence-corrected chi connectivity index (χ3v) is 6.42. The summed E-state index contributed by atoms with van der Waals surface area (Å²) in [4.78, 5) is 24.1. The zero-order chi connectivity index (χ0) is 20.3. The first kappa shape index (κ1) is 20.0. The maximum atomic E-state index is 13.1. The van der Waals surface area contributed by atoms with Crippen LogP contribution in [-0.4, -0.2) is 44.3 Å². The van der Waals surface area contributed by atoms with Crippen molar-refractivity contribution in [3.8, 4) is 0 Å². The number of hydrogen-bond donors (Lipinski definition) is 1. The minimum absolute atomic E-state index is 0.0592. The van der Waals surface area contributed by atoms with Crippen LogP contribution in [-0.2, 0) is 19.6 Å². The van der Waals surface area contributed by atoms with Gasteiger partial charge in [-0.15, -0.1) is 0 Å². The first-order chi connectivity index (χ1) is 13.3. The van der Waals surface area contributed by atoms with Crippen LogP contribution >= 0.6 is 0 Å². The number of hydrogen-bond acceptors (Lipinski definition) is 5. The first-order valence-corrected chi connectivity index (χ1v) is 10.0. The van der Waals surface area contributed by atoms with Gasteiger partial charge in [0.05, 0.1) is 17.6 Å². The standard InChI is InChI=1S/C19H19FN2O5S/c1-27-19(24)13-4-8-15(9-5-13)21-18(23)17-3-2-12-22(17)28(25,26)16-10-6-14(20)7-11-16/h4-11,17H,2-3,12H2,1H3,(H,21,23)/t17-/m0/s1. The Morgan fingerprint density at radius 3 is 2.36 bits per heavy atom. The average molecular weight is 406 g/mol. The summed E-state index contributed by atoms with van der Waals surface area (Å²) in [5.41, 5.74) is 0.769. The van der Waals surface area contributed by atoms with Crippen molar-refractivity contribution in [2.24, 2.45) is 0 Å². The number of esters is 1. The zero-order valence-electron chi connectivity index (χ0n) is 15.1. The highest BCUT2D eigenvalue weighted by Crippen LogP contribution is 2.27. The van der Waals surface area contributed by atoms with E-state index in [1.54, 1.807) is 0 Å². The van der Waals surface area contributed by atoms with Gasteiger partial charge in [0, 0.05) is 12.2 Å². The lowest BCUT2D eigenvalue weighted by atomic mass is 10.2. The van der Waals surface area contributed by atoms with Crippen molar-refractivity contribution in [1.82, 2.24) is 4.31 Å². The normalized spacial score (nSPS) is 17.3. The molecule has 1 fully saturated rings. The summed E-state index contributed by atoms with van der Waals surface area (Å²) in [5.74, 6) is -1.50. The van der Waals surface area contributed by atoms with E-state index in [2.05, 4.69) is 10.1 Å². The molecule has 0 saturated carbocycles. The number of sulfonamides is 1. The second kappa shape index (κ2) is 8.07. The summed E-state index contributed by atoms with van der Waals surface area (Å²) in [6, 6.07) is 9.73. The Kier molecular flexibility index (Phi) is 5.76. The van der Waals surface area contributed by atoms with Crippen molar-refractivity contribution in [2.45, 2.75) is 23.8 Å². The third-order valence-electron chi connectivity index (χ3n) is 4.50. The molecule has 28 heavy (non-hydrogen) atoms. The van der Waals surface area contributed by atoms with E-state index in [-0.39, 0.29) is 11.4 Å². The molecule has 1 aliphatic rings. The second-order valence-corrected chi connectivity index (χ2v) is 8.18. The number of rotatable bonds is 5. The van der Waals surface area contributed by atoms with E-state index in [1.807, 2.05) is 0 Å². The van der Waals surface area contributed by atoms with Crippen LogP contribution in [0.3, 0.4) is 0 Å². The summed E-state index contributed by atoms with van der Waals surface area (Å²) in [6.07, 6.45) is 0.923. The molecule has 1 heterocycles. The van der Waals surface area contributed by atoms with Crippen LogP contribution in [0.2, 0.25) is 0 Å². The molecular formula is C19H19FN2O5S. The van der Waals surface area contributed by atoms with E-state index >= 15 is 0 Å². The fraction of sp³-hybridized carbons (Fsp3) is 0.263. The van der Waals surface area contributed by atoms with Crippen LogP contribution in [0.15, 0.2) is 53.4 Å². The third kappa shape index (κ3) is 4.05. The Bertz CT molecular complexity index is 974. The molecule has 148 valence electrons. The smallest absolute Gasteiger partial charge is 0.337 e. The number of carbonyl (C=O) groups excluding carboxylic acids is 2. The Morgan fingerprint density at radius 1 is 1.11 bits per heavy atom. The number of nitrogens with zero attached hydrogens (tertiary/aromatic N) is 1. The molecule has 1 aliphatic heterocycles. The van der Waals surface area contributed by atoms with Crippen molar-refractivity contribution in [2.75, 3.05) is 19.0 Å². The maximum Gasteiger partial charge on any atom is 0.337 e. The van der Waals surface area contributed by atoms with Crippen LogP contribution in [0.5, 0.6) is 0 Å². The van der Waals surface area contributed by atoms with Gasteiger partial charge >= 0.3 is 5.97 Å². The quantitative estimate of drug-likeness (QED) is 0.770. The summed E-state index contributed by atoms with van der Waals surface area (Å²) >= 11 is 0. The lowest BCUT2D eigenvalue weighted by Crippen LogP contribution is -2.43. The molecule has 3 rings (SSSR count). The molecule has 0 unspecified atom stereocenters. The zero-order valence-corrected chi connectivity index (χ0v) is 15.9. The number of benzene rings is 2. The van der Waals surface area contributed by atoms with Crippen molar-refractivity contribution in [3.05, 3.63) is 59.9 Å². The molecule has 2 aromatic rings. The average Bonchev–Trinajstić information content (AvgIpc) is 3.19. The van der Waals surface area contributed by atoms with Crippen LogP contribution in [0.1, 0.15) is 23.2 Å². The van der Waals surface area contributed by atoms with Gasteiger partial charge in [-0.05, 0) is 61.4 Å². The largest absolute Gasteiger partial charge is 0.465 e. The number of methoxy groups -OCH3 is 1. The molecular weight excluding hydrogens is 387 g/mol. The fourth-order valence-corrected chi connectivity index (χ4v) is 4.72. The van der Waals surface area contributed by atoms with Crippen LogP contribution in [0, 0.1) is 5.82 Å². The van der Waals surface area contributed by atoms with Crippen LogP contribution in [0.25, 0.3) is 0 Å². The van der Waals surface area contributed by atoms with E-state index in [4.69, 9.17) is 0 Å². The van der Waals surface area contributed by atoms with Crippen molar-refractivity contribution in [1.29, 1.82) is 0 Å². The molecule has 2 aromatic carbocycles.